The molecule has 1 aromatic carbocycles. The van der Waals surface area contributed by atoms with Crippen LogP contribution in [0, 0.1) is 6.92 Å². The number of aliphatic hydroxyl groups is 1. The first kappa shape index (κ1) is 7.77. The highest BCUT2D eigenvalue weighted by molar-refractivity contribution is 5.34. The van der Waals surface area contributed by atoms with Crippen LogP contribution in [0.4, 0.5) is 0 Å². The molecule has 0 aromatic heterocycles. The highest BCUT2D eigenvalue weighted by Gasteiger charge is 2.15. The minimum absolute atomic E-state index is 0.464. The molecule has 2 rings (SSSR count). The Balaban J connectivity index is 2.46. The summed E-state index contributed by atoms with van der Waals surface area (Å²) in [5.41, 5.74) is 3.58. The predicted molar refractivity (Wildman–Crippen MR) is 47.8 cm³/mol. The van der Waals surface area contributed by atoms with Crippen molar-refractivity contribution >= 4 is 0 Å². The number of rotatable bonds is 0. The van der Waals surface area contributed by atoms with Crippen LogP contribution in [0.2, 0.25) is 0 Å². The lowest BCUT2D eigenvalue weighted by atomic mass is 9.98. The Hall–Kier alpha value is -0.860. The molecular weight excluding hydrogens is 150 g/mol. The van der Waals surface area contributed by atoms with E-state index in [1.807, 2.05) is 12.1 Å². The summed E-state index contributed by atoms with van der Waals surface area (Å²) >= 11 is 0. The lowest BCUT2D eigenvalue weighted by Gasteiger charge is -2.22. The Morgan fingerprint density at radius 1 is 1.50 bits per heavy atom. The molecule has 2 nitrogen and oxygen atoms in total. The third kappa shape index (κ3) is 1.24. The van der Waals surface area contributed by atoms with Crippen LogP contribution >= 0.6 is 0 Å². The van der Waals surface area contributed by atoms with Gasteiger partial charge in [-0.2, -0.15) is 0 Å². The van der Waals surface area contributed by atoms with E-state index in [2.05, 4.69) is 18.3 Å². The lowest BCUT2D eigenvalue weighted by molar-refractivity contribution is 0.132. The fourth-order valence-corrected chi connectivity index (χ4v) is 1.67. The Bertz CT molecular complexity index is 296. The summed E-state index contributed by atoms with van der Waals surface area (Å²) in [6.45, 7) is 2.95. The molecule has 0 saturated carbocycles. The van der Waals surface area contributed by atoms with E-state index >= 15 is 0 Å². The average Bonchev–Trinajstić information content (AvgIpc) is 2.04. The van der Waals surface area contributed by atoms with Gasteiger partial charge >= 0.3 is 0 Å². The van der Waals surface area contributed by atoms with Crippen molar-refractivity contribution in [3.63, 3.8) is 0 Å². The first-order valence-electron chi connectivity index (χ1n) is 4.28. The van der Waals surface area contributed by atoms with Crippen LogP contribution in [0.1, 0.15) is 22.9 Å². The normalized spacial score (nSPS) is 22.0. The first-order valence-corrected chi connectivity index (χ1v) is 4.28. The molecule has 2 N–H and O–H groups in total. The summed E-state index contributed by atoms with van der Waals surface area (Å²) in [4.78, 5) is 0. The molecule has 0 fully saturated rings. The monoisotopic (exact) mass is 163 g/mol. The van der Waals surface area contributed by atoms with E-state index in [9.17, 15) is 5.11 Å². The van der Waals surface area contributed by atoms with Gasteiger partial charge in [-0.15, -0.1) is 0 Å². The molecule has 1 aliphatic heterocycles. The Morgan fingerprint density at radius 3 is 3.17 bits per heavy atom. The molecule has 0 saturated heterocycles. The maximum Gasteiger partial charge on any atom is 0.131 e. The Labute approximate surface area is 72.2 Å². The standard InChI is InChI=1S/C10H13NO/c1-7-2-3-9-8(6-7)4-5-11-10(9)12/h2-3,6,10-12H,4-5H2,1H3. The van der Waals surface area contributed by atoms with Crippen molar-refractivity contribution in [1.82, 2.24) is 5.32 Å². The third-order valence-corrected chi connectivity index (χ3v) is 2.33. The summed E-state index contributed by atoms with van der Waals surface area (Å²) in [5, 5.41) is 12.6. The third-order valence-electron chi connectivity index (χ3n) is 2.33. The summed E-state index contributed by atoms with van der Waals surface area (Å²) in [6, 6.07) is 6.19. The maximum atomic E-state index is 9.54. The molecule has 0 amide bonds. The Kier molecular flexibility index (Phi) is 1.87. The van der Waals surface area contributed by atoms with Crippen LogP contribution in [0.15, 0.2) is 18.2 Å². The quantitative estimate of drug-likeness (QED) is 0.601. The second kappa shape index (κ2) is 2.88. The zero-order valence-electron chi connectivity index (χ0n) is 7.17. The van der Waals surface area contributed by atoms with E-state index in [1.165, 1.54) is 11.1 Å². The first-order chi connectivity index (χ1) is 5.77. The van der Waals surface area contributed by atoms with Crippen LogP contribution in [-0.4, -0.2) is 11.7 Å². The molecule has 12 heavy (non-hydrogen) atoms. The van der Waals surface area contributed by atoms with Gasteiger partial charge in [0.25, 0.3) is 0 Å². The molecule has 0 aliphatic carbocycles. The summed E-state index contributed by atoms with van der Waals surface area (Å²) in [5.74, 6) is 0. The highest BCUT2D eigenvalue weighted by atomic mass is 16.3. The van der Waals surface area contributed by atoms with Crippen LogP contribution < -0.4 is 5.32 Å². The van der Waals surface area contributed by atoms with Crippen molar-refractivity contribution in [2.45, 2.75) is 19.6 Å². The molecule has 64 valence electrons. The zero-order chi connectivity index (χ0) is 8.55. The number of aryl methyl sites for hydroxylation is 1. The minimum atomic E-state index is -0.464. The summed E-state index contributed by atoms with van der Waals surface area (Å²) in [7, 11) is 0. The molecule has 0 spiro atoms. The van der Waals surface area contributed by atoms with Crippen molar-refractivity contribution in [3.05, 3.63) is 34.9 Å². The minimum Gasteiger partial charge on any atom is -0.374 e. The average molecular weight is 163 g/mol. The van der Waals surface area contributed by atoms with E-state index in [4.69, 9.17) is 0 Å². The Morgan fingerprint density at radius 2 is 2.33 bits per heavy atom. The predicted octanol–water partition coefficient (Wildman–Crippen LogP) is 1.13. The lowest BCUT2D eigenvalue weighted by Crippen LogP contribution is -2.29. The molecule has 1 aliphatic rings. The van der Waals surface area contributed by atoms with Crippen molar-refractivity contribution in [2.24, 2.45) is 0 Å². The number of fused-ring (bicyclic) bond motifs is 1. The molecule has 1 aromatic rings. The largest absolute Gasteiger partial charge is 0.374 e. The van der Waals surface area contributed by atoms with E-state index < -0.39 is 6.23 Å². The molecule has 2 heteroatoms. The van der Waals surface area contributed by atoms with Crippen LogP contribution in [0.5, 0.6) is 0 Å². The molecule has 1 heterocycles. The smallest absolute Gasteiger partial charge is 0.131 e. The molecule has 1 atom stereocenters. The van der Waals surface area contributed by atoms with Crippen LogP contribution in [-0.2, 0) is 6.42 Å². The van der Waals surface area contributed by atoms with E-state index in [0.717, 1.165) is 18.5 Å². The molecule has 0 bridgehead atoms. The van der Waals surface area contributed by atoms with Gasteiger partial charge in [0, 0.05) is 6.54 Å². The summed E-state index contributed by atoms with van der Waals surface area (Å²) < 4.78 is 0. The summed E-state index contributed by atoms with van der Waals surface area (Å²) in [6.07, 6.45) is 0.558. The van der Waals surface area contributed by atoms with E-state index in [-0.39, 0.29) is 0 Å². The topological polar surface area (TPSA) is 32.3 Å². The van der Waals surface area contributed by atoms with Gasteiger partial charge in [0.15, 0.2) is 0 Å². The number of benzene rings is 1. The fourth-order valence-electron chi connectivity index (χ4n) is 1.67. The second-order valence-corrected chi connectivity index (χ2v) is 3.31. The number of nitrogens with one attached hydrogen (secondary N) is 1. The number of aliphatic hydroxyl groups excluding tert-OH is 1. The van der Waals surface area contributed by atoms with Crippen molar-refractivity contribution < 1.29 is 5.11 Å². The van der Waals surface area contributed by atoms with Gasteiger partial charge in [-0.3, -0.25) is 5.32 Å². The van der Waals surface area contributed by atoms with E-state index in [1.54, 1.807) is 0 Å². The molecule has 0 radical (unpaired) electrons. The second-order valence-electron chi connectivity index (χ2n) is 3.31. The van der Waals surface area contributed by atoms with Gasteiger partial charge < -0.3 is 5.11 Å². The van der Waals surface area contributed by atoms with E-state index in [0.29, 0.717) is 0 Å². The van der Waals surface area contributed by atoms with Gasteiger partial charge in [-0.25, -0.2) is 0 Å². The van der Waals surface area contributed by atoms with Gasteiger partial charge in [0.2, 0.25) is 0 Å². The van der Waals surface area contributed by atoms with Crippen molar-refractivity contribution in [1.29, 1.82) is 0 Å². The van der Waals surface area contributed by atoms with Gasteiger partial charge in [-0.05, 0) is 24.5 Å². The van der Waals surface area contributed by atoms with Crippen molar-refractivity contribution in [2.75, 3.05) is 6.54 Å². The molecular formula is C10H13NO. The zero-order valence-corrected chi connectivity index (χ0v) is 7.17. The highest BCUT2D eigenvalue weighted by Crippen LogP contribution is 2.21. The maximum absolute atomic E-state index is 9.54. The number of hydrogen-bond donors (Lipinski definition) is 2. The SMILES string of the molecule is Cc1ccc2c(c1)CCNC2O. The van der Waals surface area contributed by atoms with Gasteiger partial charge in [0.05, 0.1) is 0 Å². The fraction of sp³-hybridized carbons (Fsp3) is 0.400. The van der Waals surface area contributed by atoms with Gasteiger partial charge in [-0.1, -0.05) is 23.8 Å². The number of hydrogen-bond acceptors (Lipinski definition) is 2. The van der Waals surface area contributed by atoms with Crippen LogP contribution in [0.3, 0.4) is 0 Å². The van der Waals surface area contributed by atoms with Crippen molar-refractivity contribution in [3.8, 4) is 0 Å². The molecule has 1 unspecified atom stereocenters. The van der Waals surface area contributed by atoms with Gasteiger partial charge in [0.1, 0.15) is 6.23 Å². The van der Waals surface area contributed by atoms with Crippen LogP contribution in [0.25, 0.3) is 0 Å².